The molecule has 1 heterocycles. The fourth-order valence-electron chi connectivity index (χ4n) is 2.77. The Kier molecular flexibility index (Phi) is 3.45. The number of nitrogens with one attached hydrogen (secondary N) is 1. The summed E-state index contributed by atoms with van der Waals surface area (Å²) in [6, 6.07) is 1.84. The molecule has 3 rings (SSSR count). The highest BCUT2D eigenvalue weighted by Gasteiger charge is 2.25. The molecule has 0 radical (unpaired) electrons. The summed E-state index contributed by atoms with van der Waals surface area (Å²) in [5, 5.41) is 6.77. The Hall–Kier alpha value is -2.24. The van der Waals surface area contributed by atoms with Gasteiger partial charge in [0.15, 0.2) is 0 Å². The number of hydrogen-bond donors (Lipinski definition) is 1. The van der Waals surface area contributed by atoms with Crippen molar-refractivity contribution in [3.05, 3.63) is 52.9 Å². The van der Waals surface area contributed by atoms with Crippen LogP contribution in [-0.2, 0) is 13.5 Å². The number of fused-ring (bicyclic) bond motifs is 1. The molecular weight excluding hydrogens is 276 g/mol. The van der Waals surface area contributed by atoms with Crippen LogP contribution < -0.4 is 5.32 Å². The van der Waals surface area contributed by atoms with Gasteiger partial charge in [0.05, 0.1) is 17.8 Å². The van der Waals surface area contributed by atoms with E-state index in [-0.39, 0.29) is 11.9 Å². The molecule has 4 nitrogen and oxygen atoms in total. The van der Waals surface area contributed by atoms with Crippen molar-refractivity contribution in [2.24, 2.45) is 7.05 Å². The van der Waals surface area contributed by atoms with Gasteiger partial charge in [0.1, 0.15) is 11.6 Å². The minimum Gasteiger partial charge on any atom is -0.345 e. The first-order chi connectivity index (χ1) is 10.0. The monoisotopic (exact) mass is 291 g/mol. The fourth-order valence-corrected chi connectivity index (χ4v) is 2.77. The van der Waals surface area contributed by atoms with E-state index in [0.29, 0.717) is 29.5 Å². The molecule has 1 N–H and O–H groups in total. The highest BCUT2D eigenvalue weighted by molar-refractivity contribution is 5.94. The standard InChI is InChI=1S/C15H15F2N3O/c1-20-8-9(7-18-20)15(21)19-14-4-2-3-11-12(14)5-10(16)6-13(11)17/h5-8,14H,2-4H2,1H3,(H,19,21)/t14-/m1/s1. The number of carbonyl (C=O) groups excluding carboxylic acids is 1. The van der Waals surface area contributed by atoms with Crippen LogP contribution >= 0.6 is 0 Å². The number of aryl methyl sites for hydroxylation is 1. The van der Waals surface area contributed by atoms with Gasteiger partial charge in [-0.05, 0) is 36.5 Å². The van der Waals surface area contributed by atoms with Crippen LogP contribution in [0.5, 0.6) is 0 Å². The normalized spacial score (nSPS) is 17.4. The summed E-state index contributed by atoms with van der Waals surface area (Å²) in [5.74, 6) is -1.44. The molecule has 1 atom stereocenters. The lowest BCUT2D eigenvalue weighted by atomic mass is 9.87. The largest absolute Gasteiger partial charge is 0.345 e. The summed E-state index contributed by atoms with van der Waals surface area (Å²) in [6.07, 6.45) is 5.06. The first-order valence-corrected chi connectivity index (χ1v) is 6.82. The molecule has 1 amide bonds. The second kappa shape index (κ2) is 5.27. The van der Waals surface area contributed by atoms with E-state index in [0.717, 1.165) is 12.5 Å². The van der Waals surface area contributed by atoms with E-state index in [1.54, 1.807) is 13.2 Å². The van der Waals surface area contributed by atoms with Crippen LogP contribution in [0.25, 0.3) is 0 Å². The molecule has 1 aliphatic carbocycles. The summed E-state index contributed by atoms with van der Waals surface area (Å²) in [6.45, 7) is 0. The van der Waals surface area contributed by atoms with Crippen molar-refractivity contribution in [1.82, 2.24) is 15.1 Å². The molecule has 1 aromatic carbocycles. The van der Waals surface area contributed by atoms with Crippen molar-refractivity contribution in [3.63, 3.8) is 0 Å². The summed E-state index contributed by atoms with van der Waals surface area (Å²) in [4.78, 5) is 12.2. The van der Waals surface area contributed by atoms with Crippen LogP contribution in [0.1, 0.15) is 40.4 Å². The van der Waals surface area contributed by atoms with Gasteiger partial charge >= 0.3 is 0 Å². The summed E-state index contributed by atoms with van der Waals surface area (Å²) in [7, 11) is 1.72. The minimum absolute atomic E-state index is 0.286. The summed E-state index contributed by atoms with van der Waals surface area (Å²) < 4.78 is 28.8. The number of halogens is 2. The lowest BCUT2D eigenvalue weighted by molar-refractivity contribution is 0.0932. The third-order valence-electron chi connectivity index (χ3n) is 3.76. The van der Waals surface area contributed by atoms with E-state index in [1.165, 1.54) is 16.9 Å². The van der Waals surface area contributed by atoms with Crippen LogP contribution in [-0.4, -0.2) is 15.7 Å². The van der Waals surface area contributed by atoms with E-state index in [4.69, 9.17) is 0 Å². The molecule has 110 valence electrons. The predicted molar refractivity (Wildman–Crippen MR) is 72.7 cm³/mol. The maximum absolute atomic E-state index is 13.8. The average molecular weight is 291 g/mol. The van der Waals surface area contributed by atoms with Gasteiger partial charge in [-0.1, -0.05) is 0 Å². The summed E-state index contributed by atoms with van der Waals surface area (Å²) in [5.41, 5.74) is 1.47. The zero-order valence-electron chi connectivity index (χ0n) is 11.6. The Morgan fingerprint density at radius 1 is 1.43 bits per heavy atom. The third-order valence-corrected chi connectivity index (χ3v) is 3.76. The number of benzene rings is 1. The lowest BCUT2D eigenvalue weighted by Crippen LogP contribution is -2.31. The van der Waals surface area contributed by atoms with Gasteiger partial charge in [-0.25, -0.2) is 8.78 Å². The lowest BCUT2D eigenvalue weighted by Gasteiger charge is -2.26. The number of aromatic nitrogens is 2. The molecule has 0 spiro atoms. The highest BCUT2D eigenvalue weighted by atomic mass is 19.1. The summed E-state index contributed by atoms with van der Waals surface area (Å²) >= 11 is 0. The van der Waals surface area contributed by atoms with Crippen LogP contribution in [0.2, 0.25) is 0 Å². The second-order valence-corrected chi connectivity index (χ2v) is 5.28. The molecule has 1 aliphatic rings. The third kappa shape index (κ3) is 2.66. The van der Waals surface area contributed by atoms with Crippen molar-refractivity contribution in [2.75, 3.05) is 0 Å². The number of amides is 1. The quantitative estimate of drug-likeness (QED) is 0.924. The number of carbonyl (C=O) groups is 1. The highest BCUT2D eigenvalue weighted by Crippen LogP contribution is 2.32. The topological polar surface area (TPSA) is 46.9 Å². The van der Waals surface area contributed by atoms with Crippen molar-refractivity contribution in [1.29, 1.82) is 0 Å². The maximum atomic E-state index is 13.8. The Labute approximate surface area is 120 Å². The van der Waals surface area contributed by atoms with Crippen LogP contribution in [0.3, 0.4) is 0 Å². The zero-order valence-corrected chi connectivity index (χ0v) is 11.6. The van der Waals surface area contributed by atoms with E-state index in [9.17, 15) is 13.6 Å². The van der Waals surface area contributed by atoms with Crippen LogP contribution in [0.15, 0.2) is 24.5 Å². The molecular formula is C15H15F2N3O. The Morgan fingerprint density at radius 2 is 2.24 bits per heavy atom. The first kappa shape index (κ1) is 13.7. The molecule has 6 heteroatoms. The Bertz CT molecular complexity index is 696. The van der Waals surface area contributed by atoms with Gasteiger partial charge in [-0.3, -0.25) is 9.48 Å². The number of nitrogens with zero attached hydrogens (tertiary/aromatic N) is 2. The number of rotatable bonds is 2. The molecule has 21 heavy (non-hydrogen) atoms. The average Bonchev–Trinajstić information content (AvgIpc) is 2.86. The van der Waals surface area contributed by atoms with Gasteiger partial charge in [0.2, 0.25) is 0 Å². The van der Waals surface area contributed by atoms with Crippen molar-refractivity contribution >= 4 is 5.91 Å². The first-order valence-electron chi connectivity index (χ1n) is 6.82. The van der Waals surface area contributed by atoms with Crippen LogP contribution in [0, 0.1) is 11.6 Å². The van der Waals surface area contributed by atoms with E-state index in [1.807, 2.05) is 0 Å². The SMILES string of the molecule is Cn1cc(C(=O)N[C@@H]2CCCc3c(F)cc(F)cc32)cn1. The van der Waals surface area contributed by atoms with Crippen molar-refractivity contribution in [2.45, 2.75) is 25.3 Å². The number of hydrogen-bond acceptors (Lipinski definition) is 2. The van der Waals surface area contributed by atoms with Crippen LogP contribution in [0.4, 0.5) is 8.78 Å². The molecule has 0 bridgehead atoms. The van der Waals surface area contributed by atoms with Crippen molar-refractivity contribution < 1.29 is 13.6 Å². The maximum Gasteiger partial charge on any atom is 0.254 e. The Morgan fingerprint density at radius 3 is 2.95 bits per heavy atom. The smallest absolute Gasteiger partial charge is 0.254 e. The predicted octanol–water partition coefficient (Wildman–Crippen LogP) is 2.51. The molecule has 0 aliphatic heterocycles. The van der Waals surface area contributed by atoms with E-state index < -0.39 is 11.6 Å². The minimum atomic E-state index is -0.617. The molecule has 0 saturated heterocycles. The second-order valence-electron chi connectivity index (χ2n) is 5.28. The van der Waals surface area contributed by atoms with E-state index in [2.05, 4.69) is 10.4 Å². The van der Waals surface area contributed by atoms with Gasteiger partial charge in [0.25, 0.3) is 5.91 Å². The van der Waals surface area contributed by atoms with Gasteiger partial charge in [-0.15, -0.1) is 0 Å². The van der Waals surface area contributed by atoms with Gasteiger partial charge < -0.3 is 5.32 Å². The van der Waals surface area contributed by atoms with Crippen molar-refractivity contribution in [3.8, 4) is 0 Å². The molecule has 0 unspecified atom stereocenters. The van der Waals surface area contributed by atoms with Gasteiger partial charge in [0, 0.05) is 19.3 Å². The zero-order chi connectivity index (χ0) is 15.0. The molecule has 2 aromatic rings. The van der Waals surface area contributed by atoms with E-state index >= 15 is 0 Å². The Balaban J connectivity index is 1.87. The molecule has 0 fully saturated rings. The molecule has 1 aromatic heterocycles. The molecule has 0 saturated carbocycles. The van der Waals surface area contributed by atoms with Gasteiger partial charge in [-0.2, -0.15) is 5.10 Å². The fraction of sp³-hybridized carbons (Fsp3) is 0.333.